The van der Waals surface area contributed by atoms with Crippen molar-refractivity contribution in [1.29, 1.82) is 0 Å². The van der Waals surface area contributed by atoms with Crippen LogP contribution < -0.4 is 5.73 Å². The lowest BCUT2D eigenvalue weighted by Gasteiger charge is -2.11. The van der Waals surface area contributed by atoms with Crippen LogP contribution in [-0.2, 0) is 0 Å². The summed E-state index contributed by atoms with van der Waals surface area (Å²) in [5.41, 5.74) is 5.59. The molecule has 6 heteroatoms. The smallest absolute Gasteiger partial charge is 0.222 e. The predicted molar refractivity (Wildman–Crippen MR) is 56.2 cm³/mol. The van der Waals surface area contributed by atoms with Gasteiger partial charge < -0.3 is 10.8 Å². The van der Waals surface area contributed by atoms with Crippen molar-refractivity contribution in [1.82, 2.24) is 9.97 Å². The number of nitrogen functional groups attached to an aromatic ring is 1. The van der Waals surface area contributed by atoms with Gasteiger partial charge in [-0.3, -0.25) is 0 Å². The Bertz CT molecular complexity index is 333. The zero-order valence-electron chi connectivity index (χ0n) is 7.24. The van der Waals surface area contributed by atoms with Gasteiger partial charge in [-0.05, 0) is 6.42 Å². The monoisotopic (exact) mass is 233 g/mol. The summed E-state index contributed by atoms with van der Waals surface area (Å²) in [5.74, 6) is -0.0189. The number of anilines is 1. The van der Waals surface area contributed by atoms with Crippen LogP contribution in [0.3, 0.4) is 0 Å². The number of aliphatic hydroxyl groups excluding tert-OH is 1. The Morgan fingerprint density at radius 3 is 2.36 bits per heavy atom. The van der Waals surface area contributed by atoms with Crippen LogP contribution in [0.15, 0.2) is 12.7 Å². The number of hydrogen-bond acceptors (Lipinski definition) is 4. The number of aromatic nitrogens is 2. The minimum Gasteiger partial charge on any atom is -0.388 e. The molecule has 0 aliphatic rings. The van der Waals surface area contributed by atoms with Crippen LogP contribution in [0.2, 0.25) is 10.3 Å². The largest absolute Gasteiger partial charge is 0.388 e. The van der Waals surface area contributed by atoms with E-state index in [4.69, 9.17) is 28.9 Å². The molecule has 0 amide bonds. The molecule has 0 aliphatic heterocycles. The van der Waals surface area contributed by atoms with Crippen molar-refractivity contribution in [2.45, 2.75) is 12.5 Å². The van der Waals surface area contributed by atoms with Crippen molar-refractivity contribution in [2.24, 2.45) is 0 Å². The van der Waals surface area contributed by atoms with Gasteiger partial charge in [-0.1, -0.05) is 29.3 Å². The van der Waals surface area contributed by atoms with Crippen molar-refractivity contribution in [3.63, 3.8) is 0 Å². The van der Waals surface area contributed by atoms with Gasteiger partial charge in [0.05, 0.1) is 11.7 Å². The zero-order chi connectivity index (χ0) is 10.7. The summed E-state index contributed by atoms with van der Waals surface area (Å²) in [7, 11) is 0. The number of halogens is 2. The average molecular weight is 234 g/mol. The Kier molecular flexibility index (Phi) is 3.69. The lowest BCUT2D eigenvalue weighted by atomic mass is 10.1. The summed E-state index contributed by atoms with van der Waals surface area (Å²) in [6.07, 6.45) is 1.02. The summed E-state index contributed by atoms with van der Waals surface area (Å²) < 4.78 is 0. The van der Waals surface area contributed by atoms with E-state index in [-0.39, 0.29) is 21.8 Å². The average Bonchev–Trinajstić information content (AvgIpc) is 2.01. The molecule has 1 unspecified atom stereocenters. The predicted octanol–water partition coefficient (Wildman–Crippen LogP) is 1.98. The Morgan fingerprint density at radius 2 is 1.93 bits per heavy atom. The molecule has 1 rings (SSSR count). The van der Waals surface area contributed by atoms with Crippen LogP contribution in [0.1, 0.15) is 18.1 Å². The van der Waals surface area contributed by atoms with E-state index in [1.54, 1.807) is 6.08 Å². The summed E-state index contributed by atoms with van der Waals surface area (Å²) in [6.45, 7) is 3.49. The van der Waals surface area contributed by atoms with E-state index in [1.165, 1.54) is 0 Å². The first-order valence-electron chi connectivity index (χ1n) is 3.83. The summed E-state index contributed by atoms with van der Waals surface area (Å²) in [6, 6.07) is 0. The van der Waals surface area contributed by atoms with Crippen LogP contribution in [0.5, 0.6) is 0 Å². The molecule has 4 nitrogen and oxygen atoms in total. The molecule has 0 spiro atoms. The molecule has 0 saturated heterocycles. The maximum Gasteiger partial charge on any atom is 0.222 e. The normalized spacial score (nSPS) is 12.5. The molecule has 0 radical (unpaired) electrons. The Balaban J connectivity index is 3.13. The van der Waals surface area contributed by atoms with Crippen LogP contribution >= 0.6 is 23.2 Å². The van der Waals surface area contributed by atoms with Crippen LogP contribution in [0, 0.1) is 0 Å². The highest BCUT2D eigenvalue weighted by molar-refractivity contribution is 6.34. The number of rotatable bonds is 3. The molecule has 0 saturated carbocycles. The number of nitrogens with zero attached hydrogens (tertiary/aromatic N) is 2. The van der Waals surface area contributed by atoms with Crippen molar-refractivity contribution in [3.05, 3.63) is 28.5 Å². The number of nitrogens with two attached hydrogens (primary N) is 1. The van der Waals surface area contributed by atoms with Gasteiger partial charge in [-0.25, -0.2) is 9.97 Å². The molecular formula is C8H9Cl2N3O. The van der Waals surface area contributed by atoms with Gasteiger partial charge in [0.25, 0.3) is 0 Å². The second-order valence-electron chi connectivity index (χ2n) is 2.62. The molecule has 0 fully saturated rings. The third-order valence-electron chi connectivity index (χ3n) is 1.59. The van der Waals surface area contributed by atoms with Crippen LogP contribution in [-0.4, -0.2) is 15.1 Å². The fraction of sp³-hybridized carbons (Fsp3) is 0.250. The third-order valence-corrected chi connectivity index (χ3v) is 2.17. The van der Waals surface area contributed by atoms with Gasteiger partial charge in [0.15, 0.2) is 0 Å². The van der Waals surface area contributed by atoms with Gasteiger partial charge in [-0.2, -0.15) is 0 Å². The second-order valence-corrected chi connectivity index (χ2v) is 3.33. The Morgan fingerprint density at radius 1 is 1.43 bits per heavy atom. The van der Waals surface area contributed by atoms with Crippen molar-refractivity contribution < 1.29 is 5.11 Å². The highest BCUT2D eigenvalue weighted by Gasteiger charge is 2.17. The van der Waals surface area contributed by atoms with Crippen molar-refractivity contribution in [2.75, 3.05) is 5.73 Å². The topological polar surface area (TPSA) is 72.0 Å². The molecule has 0 bridgehead atoms. The van der Waals surface area contributed by atoms with E-state index in [2.05, 4.69) is 16.5 Å². The second kappa shape index (κ2) is 4.59. The molecule has 0 aromatic carbocycles. The first kappa shape index (κ1) is 11.2. The van der Waals surface area contributed by atoms with E-state index < -0.39 is 6.10 Å². The highest BCUT2D eigenvalue weighted by Crippen LogP contribution is 2.30. The SMILES string of the molecule is C=CCC(O)c1c(Cl)nc(N)nc1Cl. The number of aliphatic hydroxyl groups is 1. The molecule has 0 aliphatic carbocycles. The van der Waals surface area contributed by atoms with Crippen LogP contribution in [0.4, 0.5) is 5.95 Å². The van der Waals surface area contributed by atoms with E-state index in [0.29, 0.717) is 6.42 Å². The standard InChI is InChI=1S/C8H9Cl2N3O/c1-2-3-4(14)5-6(9)12-8(11)13-7(5)10/h2,4,14H,1,3H2,(H2,11,12,13). The molecular weight excluding hydrogens is 225 g/mol. The minimum absolute atomic E-state index is 0.0189. The quantitative estimate of drug-likeness (QED) is 0.619. The lowest BCUT2D eigenvalue weighted by molar-refractivity contribution is 0.181. The maximum absolute atomic E-state index is 9.61. The fourth-order valence-electron chi connectivity index (χ4n) is 0.982. The van der Waals surface area contributed by atoms with Gasteiger partial charge in [0.1, 0.15) is 10.3 Å². The molecule has 1 aromatic rings. The van der Waals surface area contributed by atoms with Crippen molar-refractivity contribution >= 4 is 29.2 Å². The van der Waals surface area contributed by atoms with Gasteiger partial charge in [0, 0.05) is 0 Å². The van der Waals surface area contributed by atoms with Gasteiger partial charge in [0.2, 0.25) is 5.95 Å². The Labute approximate surface area is 91.4 Å². The number of hydrogen-bond donors (Lipinski definition) is 2. The molecule has 3 N–H and O–H groups in total. The minimum atomic E-state index is -0.854. The molecule has 14 heavy (non-hydrogen) atoms. The van der Waals surface area contributed by atoms with E-state index in [1.807, 2.05) is 0 Å². The lowest BCUT2D eigenvalue weighted by Crippen LogP contribution is -2.04. The van der Waals surface area contributed by atoms with Gasteiger partial charge in [-0.15, -0.1) is 6.58 Å². The van der Waals surface area contributed by atoms with E-state index >= 15 is 0 Å². The van der Waals surface area contributed by atoms with Crippen molar-refractivity contribution in [3.8, 4) is 0 Å². The van der Waals surface area contributed by atoms with Gasteiger partial charge >= 0.3 is 0 Å². The summed E-state index contributed by atoms with van der Waals surface area (Å²) in [4.78, 5) is 7.38. The molecule has 1 heterocycles. The summed E-state index contributed by atoms with van der Waals surface area (Å²) >= 11 is 11.5. The molecule has 1 aromatic heterocycles. The third kappa shape index (κ3) is 2.35. The Hall–Kier alpha value is -0.840. The highest BCUT2D eigenvalue weighted by atomic mass is 35.5. The first-order valence-corrected chi connectivity index (χ1v) is 4.59. The molecule has 76 valence electrons. The summed E-state index contributed by atoms with van der Waals surface area (Å²) in [5, 5.41) is 9.75. The molecule has 1 atom stereocenters. The zero-order valence-corrected chi connectivity index (χ0v) is 8.76. The van der Waals surface area contributed by atoms with E-state index in [9.17, 15) is 5.11 Å². The fourth-order valence-corrected chi connectivity index (χ4v) is 1.63. The van der Waals surface area contributed by atoms with Crippen LogP contribution in [0.25, 0.3) is 0 Å². The van der Waals surface area contributed by atoms with E-state index in [0.717, 1.165) is 0 Å². The first-order chi connectivity index (χ1) is 6.56. The maximum atomic E-state index is 9.61.